The van der Waals surface area contributed by atoms with Crippen LogP contribution in [0.1, 0.15) is 0 Å². The van der Waals surface area contributed by atoms with E-state index in [2.05, 4.69) is 0 Å². The van der Waals surface area contributed by atoms with Crippen LogP contribution in [0, 0.1) is 0 Å². The molecular weight excluding hydrogens is 292 g/mol. The van der Waals surface area contributed by atoms with Crippen LogP contribution >= 0.6 is 0 Å². The molecule has 2 N–H and O–H groups in total. The first-order valence-corrected chi connectivity index (χ1v) is 6.27. The summed E-state index contributed by atoms with van der Waals surface area (Å²) in [5.74, 6) is -6.54. The first-order chi connectivity index (χ1) is 6.71. The standard InChI is InChI=1S/C3HF6NO4S2/c4-1(5)2(6,7)15(11,12)10-16(13,14)3(1,8)9/h10H/p+1. The van der Waals surface area contributed by atoms with E-state index in [0.717, 1.165) is 0 Å². The van der Waals surface area contributed by atoms with Crippen molar-refractivity contribution in [3.63, 3.8) is 0 Å². The minimum atomic E-state index is -6.54. The molecular formula is C3H2F6NO4S2+. The Morgan fingerprint density at radius 1 is 0.688 bits per heavy atom. The Kier molecular flexibility index (Phi) is 2.38. The topological polar surface area (TPSA) is 84.9 Å². The van der Waals surface area contributed by atoms with Crippen LogP contribution in [0.25, 0.3) is 0 Å². The van der Waals surface area contributed by atoms with Crippen molar-refractivity contribution in [2.24, 2.45) is 0 Å². The van der Waals surface area contributed by atoms with Gasteiger partial charge in [-0.2, -0.15) is 43.2 Å². The first kappa shape index (κ1) is 13.5. The van der Waals surface area contributed by atoms with Gasteiger partial charge in [-0.15, -0.1) is 4.13 Å². The van der Waals surface area contributed by atoms with Crippen molar-refractivity contribution in [2.45, 2.75) is 16.4 Å². The molecule has 13 heteroatoms. The molecule has 1 rings (SSSR count). The minimum absolute atomic E-state index is 1.45. The summed E-state index contributed by atoms with van der Waals surface area (Å²) >= 11 is 0. The normalized spacial score (nSPS) is 33.1. The molecule has 0 radical (unpaired) electrons. The number of alkyl halides is 6. The van der Waals surface area contributed by atoms with Crippen LogP contribution < -0.4 is 4.13 Å². The fourth-order valence-corrected chi connectivity index (χ4v) is 4.15. The molecule has 0 aromatic carbocycles. The summed E-state index contributed by atoms with van der Waals surface area (Å²) in [5, 5.41) is -12.4. The smallest absolute Gasteiger partial charge is 0.190 e. The highest BCUT2D eigenvalue weighted by Crippen LogP contribution is 2.51. The largest absolute Gasteiger partial charge is 0.466 e. The van der Waals surface area contributed by atoms with Crippen LogP contribution in [0.2, 0.25) is 0 Å². The molecule has 0 aliphatic carbocycles. The molecule has 5 nitrogen and oxygen atoms in total. The summed E-state index contributed by atoms with van der Waals surface area (Å²) in [6.07, 6.45) is 0. The lowest BCUT2D eigenvalue weighted by Gasteiger charge is -2.32. The lowest BCUT2D eigenvalue weighted by Crippen LogP contribution is -3.01. The third kappa shape index (κ3) is 1.21. The molecule has 0 spiro atoms. The van der Waals surface area contributed by atoms with Crippen LogP contribution in [0.5, 0.6) is 0 Å². The Balaban J connectivity index is 3.70. The minimum Gasteiger partial charge on any atom is -0.190 e. The van der Waals surface area contributed by atoms with Crippen LogP contribution in [0.3, 0.4) is 0 Å². The monoisotopic (exact) mass is 294 g/mol. The summed E-state index contributed by atoms with van der Waals surface area (Å²) in [4.78, 5) is 0. The van der Waals surface area contributed by atoms with E-state index in [1.54, 1.807) is 0 Å². The maximum Gasteiger partial charge on any atom is 0.466 e. The summed E-state index contributed by atoms with van der Waals surface area (Å²) in [6, 6.07) is 0. The van der Waals surface area contributed by atoms with Gasteiger partial charge in [-0.1, -0.05) is 0 Å². The number of sulfonamides is 2. The van der Waals surface area contributed by atoms with E-state index in [9.17, 15) is 43.2 Å². The predicted octanol–water partition coefficient (Wildman–Crippen LogP) is -0.956. The molecule has 0 unspecified atom stereocenters. The molecule has 1 fully saturated rings. The zero-order chi connectivity index (χ0) is 13.2. The van der Waals surface area contributed by atoms with Crippen molar-refractivity contribution in [1.29, 1.82) is 0 Å². The Hall–Kier alpha value is -0.560. The molecule has 96 valence electrons. The van der Waals surface area contributed by atoms with E-state index in [1.807, 2.05) is 0 Å². The van der Waals surface area contributed by atoms with E-state index >= 15 is 0 Å². The van der Waals surface area contributed by atoms with Gasteiger partial charge in [0.05, 0.1) is 0 Å². The van der Waals surface area contributed by atoms with Crippen molar-refractivity contribution in [1.82, 2.24) is 0 Å². The van der Waals surface area contributed by atoms with Gasteiger partial charge in [0.1, 0.15) is 0 Å². The zero-order valence-corrected chi connectivity index (χ0v) is 8.43. The Bertz CT molecular complexity index is 474. The van der Waals surface area contributed by atoms with Gasteiger partial charge in [0.25, 0.3) is 0 Å². The number of hydrogen-bond donors (Lipinski definition) is 1. The molecule has 0 aromatic rings. The predicted molar refractivity (Wildman–Crippen MR) is 34.6 cm³/mol. The van der Waals surface area contributed by atoms with Crippen LogP contribution in [0.15, 0.2) is 0 Å². The highest BCUT2D eigenvalue weighted by molar-refractivity contribution is 7.98. The van der Waals surface area contributed by atoms with Gasteiger partial charge < -0.3 is 0 Å². The van der Waals surface area contributed by atoms with Crippen molar-refractivity contribution in [3.05, 3.63) is 0 Å². The SMILES string of the molecule is O=S1(=O)[NH2+]S(=O)(=O)C(F)(F)C(F)(F)C1(F)F. The van der Waals surface area contributed by atoms with E-state index in [1.165, 1.54) is 0 Å². The molecule has 1 heterocycles. The van der Waals surface area contributed by atoms with Crippen molar-refractivity contribution >= 4 is 20.0 Å². The number of primary sulfonamides is 2. The molecule has 0 bridgehead atoms. The van der Waals surface area contributed by atoms with E-state index in [0.29, 0.717) is 0 Å². The summed E-state index contributed by atoms with van der Waals surface area (Å²) in [7, 11) is -12.6. The molecule has 16 heavy (non-hydrogen) atoms. The number of quaternary nitrogens is 1. The third-order valence-electron chi connectivity index (χ3n) is 1.70. The van der Waals surface area contributed by atoms with Crippen LogP contribution in [-0.4, -0.2) is 33.3 Å². The Morgan fingerprint density at radius 2 is 0.938 bits per heavy atom. The molecule has 1 saturated heterocycles. The van der Waals surface area contributed by atoms with Crippen molar-refractivity contribution in [2.75, 3.05) is 0 Å². The van der Waals surface area contributed by atoms with Gasteiger partial charge in [0.2, 0.25) is 0 Å². The van der Waals surface area contributed by atoms with Crippen LogP contribution in [-0.2, 0) is 20.0 Å². The van der Waals surface area contributed by atoms with E-state index in [4.69, 9.17) is 0 Å². The zero-order valence-electron chi connectivity index (χ0n) is 6.79. The second kappa shape index (κ2) is 2.81. The fourth-order valence-electron chi connectivity index (χ4n) is 0.814. The average Bonchev–Trinajstić information content (AvgIpc) is 1.98. The Labute approximate surface area is 84.5 Å². The van der Waals surface area contributed by atoms with Gasteiger partial charge in [-0.25, -0.2) is 0 Å². The number of rotatable bonds is 0. The second-order valence-corrected chi connectivity index (χ2v) is 6.77. The highest BCUT2D eigenvalue weighted by Gasteiger charge is 2.89. The quantitative estimate of drug-likeness (QED) is 0.583. The molecule has 0 amide bonds. The number of nitrogens with two attached hydrogens (primary N) is 1. The van der Waals surface area contributed by atoms with Gasteiger partial charge in [0, 0.05) is 0 Å². The van der Waals surface area contributed by atoms with Crippen molar-refractivity contribution < 1.29 is 47.3 Å². The average molecular weight is 294 g/mol. The molecule has 0 atom stereocenters. The third-order valence-corrected chi connectivity index (χ3v) is 5.67. The van der Waals surface area contributed by atoms with Crippen molar-refractivity contribution in [3.8, 4) is 0 Å². The first-order valence-electron chi connectivity index (χ1n) is 3.18. The van der Waals surface area contributed by atoms with Gasteiger partial charge in [-0.3, -0.25) is 0 Å². The second-order valence-electron chi connectivity index (χ2n) is 2.79. The summed E-state index contributed by atoms with van der Waals surface area (Å²) < 4.78 is 115. The van der Waals surface area contributed by atoms with Gasteiger partial charge in [-0.05, 0) is 0 Å². The van der Waals surface area contributed by atoms with Crippen LogP contribution in [0.4, 0.5) is 26.3 Å². The highest BCUT2D eigenvalue weighted by atomic mass is 32.3. The maximum absolute atomic E-state index is 12.5. The van der Waals surface area contributed by atoms with Gasteiger partial charge >= 0.3 is 36.5 Å². The maximum atomic E-state index is 12.5. The fraction of sp³-hybridized carbons (Fsp3) is 1.00. The van der Waals surface area contributed by atoms with E-state index < -0.39 is 40.6 Å². The molecule has 1 aliphatic rings. The summed E-state index contributed by atoms with van der Waals surface area (Å²) in [6.45, 7) is 0. The number of hydrogen-bond acceptors (Lipinski definition) is 4. The lowest BCUT2D eigenvalue weighted by atomic mass is 10.3. The molecule has 0 aromatic heterocycles. The number of halogens is 6. The van der Waals surface area contributed by atoms with E-state index in [-0.39, 0.29) is 0 Å². The molecule has 0 saturated carbocycles. The Morgan fingerprint density at radius 3 is 1.19 bits per heavy atom. The molecule has 1 aliphatic heterocycles. The van der Waals surface area contributed by atoms with Gasteiger partial charge in [0.15, 0.2) is 0 Å². The lowest BCUT2D eigenvalue weighted by molar-refractivity contribution is -0.377. The summed E-state index contributed by atoms with van der Waals surface area (Å²) in [5.41, 5.74) is 0.